The van der Waals surface area contributed by atoms with Crippen LogP contribution in [0.1, 0.15) is 10.4 Å². The Bertz CT molecular complexity index is 622. The summed E-state index contributed by atoms with van der Waals surface area (Å²) in [5.41, 5.74) is 0.301. The first kappa shape index (κ1) is 15.0. The highest BCUT2D eigenvalue weighted by Crippen LogP contribution is 2.19. The minimum atomic E-state index is -3.20. The van der Waals surface area contributed by atoms with Crippen LogP contribution in [0.2, 0.25) is 0 Å². The fourth-order valence-corrected chi connectivity index (χ4v) is 5.13. The van der Waals surface area contributed by atoms with Crippen LogP contribution in [0.3, 0.4) is 0 Å². The van der Waals surface area contributed by atoms with Crippen LogP contribution >= 0.6 is 34.2 Å². The monoisotopic (exact) mass is 417 g/mol. The number of amides is 1. The molecule has 0 saturated carbocycles. The molecule has 2 rings (SSSR count). The Morgan fingerprint density at radius 2 is 2.11 bits per heavy atom. The highest BCUT2D eigenvalue weighted by atomic mass is 127. The molecular formula is C11H10ClFINO3S. The lowest BCUT2D eigenvalue weighted by Gasteiger charge is -2.15. The van der Waals surface area contributed by atoms with Crippen molar-refractivity contribution < 1.29 is 17.6 Å². The van der Waals surface area contributed by atoms with Gasteiger partial charge in [-0.1, -0.05) is 0 Å². The molecule has 2 atom stereocenters. The van der Waals surface area contributed by atoms with Crippen LogP contribution in [0, 0.1) is 9.39 Å². The van der Waals surface area contributed by atoms with Gasteiger partial charge in [-0.15, -0.1) is 11.6 Å². The molecule has 8 heteroatoms. The van der Waals surface area contributed by atoms with Gasteiger partial charge in [0.05, 0.1) is 28.5 Å². The van der Waals surface area contributed by atoms with E-state index in [4.69, 9.17) is 11.6 Å². The van der Waals surface area contributed by atoms with Gasteiger partial charge in [-0.2, -0.15) is 0 Å². The van der Waals surface area contributed by atoms with Crippen LogP contribution < -0.4 is 5.32 Å². The first-order valence-corrected chi connectivity index (χ1v) is 8.72. The number of hydrogen-bond donors (Lipinski definition) is 1. The standard InChI is InChI=1S/C11H10ClFINO3S/c12-8-4-19(17,18)5-10(8)15-11(16)7-2-1-6(13)3-9(7)14/h1-3,8,10H,4-5H2,(H,15,16). The molecule has 1 N–H and O–H groups in total. The maximum Gasteiger partial charge on any atom is 0.252 e. The molecule has 1 aliphatic rings. The van der Waals surface area contributed by atoms with Crippen molar-refractivity contribution in [3.05, 3.63) is 33.1 Å². The Hall–Kier alpha value is -0.410. The largest absolute Gasteiger partial charge is 0.347 e. The molecule has 1 fully saturated rings. The number of halogens is 3. The zero-order chi connectivity index (χ0) is 14.2. The van der Waals surface area contributed by atoms with Gasteiger partial charge >= 0.3 is 0 Å². The van der Waals surface area contributed by atoms with Gasteiger partial charge in [0.15, 0.2) is 9.84 Å². The lowest BCUT2D eigenvalue weighted by atomic mass is 10.2. The third-order valence-electron chi connectivity index (χ3n) is 2.78. The fourth-order valence-electron chi connectivity index (χ4n) is 1.86. The lowest BCUT2D eigenvalue weighted by molar-refractivity contribution is 0.0940. The maximum atomic E-state index is 12.9. The zero-order valence-electron chi connectivity index (χ0n) is 9.57. The lowest BCUT2D eigenvalue weighted by Crippen LogP contribution is -2.40. The Kier molecular flexibility index (Phi) is 4.36. The normalized spacial score (nSPS) is 25.2. The van der Waals surface area contributed by atoms with E-state index < -0.39 is 33.0 Å². The molecule has 1 amide bonds. The van der Waals surface area contributed by atoms with E-state index in [0.717, 1.165) is 0 Å². The molecule has 0 bridgehead atoms. The van der Waals surface area contributed by atoms with Crippen LogP contribution in [0.15, 0.2) is 18.2 Å². The van der Waals surface area contributed by atoms with Gasteiger partial charge in [-0.3, -0.25) is 4.79 Å². The third kappa shape index (κ3) is 3.57. The van der Waals surface area contributed by atoms with Gasteiger partial charge in [0.1, 0.15) is 5.82 Å². The summed E-state index contributed by atoms with van der Waals surface area (Å²) in [5.74, 6) is -1.18. The molecule has 0 spiro atoms. The fraction of sp³-hybridized carbons (Fsp3) is 0.364. The van der Waals surface area contributed by atoms with E-state index in [1.165, 1.54) is 18.2 Å². The summed E-state index contributed by atoms with van der Waals surface area (Å²) in [6.07, 6.45) is 0. The highest BCUT2D eigenvalue weighted by molar-refractivity contribution is 14.1. The second kappa shape index (κ2) is 5.53. The topological polar surface area (TPSA) is 63.2 Å². The van der Waals surface area contributed by atoms with E-state index in [1.807, 2.05) is 22.6 Å². The van der Waals surface area contributed by atoms with Crippen LogP contribution in [0.5, 0.6) is 0 Å². The smallest absolute Gasteiger partial charge is 0.252 e. The number of rotatable bonds is 2. The Balaban J connectivity index is 2.14. The van der Waals surface area contributed by atoms with Crippen molar-refractivity contribution in [1.82, 2.24) is 5.32 Å². The van der Waals surface area contributed by atoms with Gasteiger partial charge in [0.2, 0.25) is 0 Å². The summed E-state index contributed by atoms with van der Waals surface area (Å²) in [4.78, 5) is 12.0. The minimum absolute atomic E-state index is 0.139. The molecule has 104 valence electrons. The number of carbonyl (C=O) groups excluding carboxylic acids is 1. The molecule has 1 aromatic carbocycles. The van der Waals surface area contributed by atoms with Crippen LogP contribution in [0.25, 0.3) is 0 Å². The molecule has 1 aromatic rings. The predicted molar refractivity (Wildman–Crippen MR) is 78.7 cm³/mol. The maximum absolute atomic E-state index is 12.9. The number of benzene rings is 1. The van der Waals surface area contributed by atoms with Crippen LogP contribution in [-0.4, -0.2) is 37.2 Å². The molecule has 4 nitrogen and oxygen atoms in total. The van der Waals surface area contributed by atoms with E-state index in [2.05, 4.69) is 5.32 Å². The first-order valence-electron chi connectivity index (χ1n) is 5.39. The molecule has 1 heterocycles. The SMILES string of the molecule is O=C(NC1CS(=O)(=O)CC1Cl)c1ccc(F)cc1I. The zero-order valence-corrected chi connectivity index (χ0v) is 13.3. The van der Waals surface area contributed by atoms with Crippen molar-refractivity contribution in [2.45, 2.75) is 11.4 Å². The number of alkyl halides is 1. The van der Waals surface area contributed by atoms with Crippen molar-refractivity contribution in [2.75, 3.05) is 11.5 Å². The number of hydrogen-bond acceptors (Lipinski definition) is 3. The van der Waals surface area contributed by atoms with E-state index in [1.54, 1.807) is 0 Å². The van der Waals surface area contributed by atoms with Crippen molar-refractivity contribution in [2.24, 2.45) is 0 Å². The van der Waals surface area contributed by atoms with E-state index in [9.17, 15) is 17.6 Å². The molecular weight excluding hydrogens is 408 g/mol. The number of sulfone groups is 1. The molecule has 1 saturated heterocycles. The molecule has 2 unspecified atom stereocenters. The average Bonchev–Trinajstić information content (AvgIpc) is 2.51. The second-order valence-corrected chi connectivity index (χ2v) is 8.17. The van der Waals surface area contributed by atoms with Crippen LogP contribution in [-0.2, 0) is 9.84 Å². The summed E-state index contributed by atoms with van der Waals surface area (Å²) < 4.78 is 36.2. The van der Waals surface area contributed by atoms with Gasteiger partial charge in [-0.05, 0) is 40.8 Å². The molecule has 0 radical (unpaired) electrons. The Morgan fingerprint density at radius 1 is 1.42 bits per heavy atom. The van der Waals surface area contributed by atoms with E-state index in [-0.39, 0.29) is 11.5 Å². The number of carbonyl (C=O) groups is 1. The summed E-state index contributed by atoms with van der Waals surface area (Å²) in [5, 5.41) is 1.95. The number of nitrogens with one attached hydrogen (secondary N) is 1. The average molecular weight is 418 g/mol. The molecule has 1 aliphatic heterocycles. The molecule has 19 heavy (non-hydrogen) atoms. The van der Waals surface area contributed by atoms with Crippen molar-refractivity contribution in [3.8, 4) is 0 Å². The van der Waals surface area contributed by atoms with Crippen molar-refractivity contribution >= 4 is 49.9 Å². The van der Waals surface area contributed by atoms with E-state index in [0.29, 0.717) is 9.13 Å². The predicted octanol–water partition coefficient (Wildman–Crippen LogP) is 1.56. The van der Waals surface area contributed by atoms with E-state index >= 15 is 0 Å². The van der Waals surface area contributed by atoms with Crippen molar-refractivity contribution in [3.63, 3.8) is 0 Å². The summed E-state index contributed by atoms with van der Waals surface area (Å²) >= 11 is 7.75. The van der Waals surface area contributed by atoms with Crippen LogP contribution in [0.4, 0.5) is 4.39 Å². The van der Waals surface area contributed by atoms with Crippen molar-refractivity contribution in [1.29, 1.82) is 0 Å². The summed E-state index contributed by atoms with van der Waals surface area (Å²) in [6.45, 7) is 0. The quantitative estimate of drug-likeness (QED) is 0.587. The summed E-state index contributed by atoms with van der Waals surface area (Å²) in [6, 6.07) is 3.17. The van der Waals surface area contributed by atoms with Gasteiger partial charge in [-0.25, -0.2) is 12.8 Å². The Labute approximate surface area is 128 Å². The highest BCUT2D eigenvalue weighted by Gasteiger charge is 2.37. The Morgan fingerprint density at radius 3 is 2.63 bits per heavy atom. The summed E-state index contributed by atoms with van der Waals surface area (Å²) in [7, 11) is -3.20. The second-order valence-electron chi connectivity index (χ2n) is 4.30. The molecule has 0 aromatic heterocycles. The van der Waals surface area contributed by atoms with Gasteiger partial charge < -0.3 is 5.32 Å². The first-order chi connectivity index (χ1) is 8.78. The van der Waals surface area contributed by atoms with Gasteiger partial charge in [0.25, 0.3) is 5.91 Å². The molecule has 0 aliphatic carbocycles. The third-order valence-corrected chi connectivity index (χ3v) is 6.04. The van der Waals surface area contributed by atoms with Gasteiger partial charge in [0, 0.05) is 3.57 Å². The minimum Gasteiger partial charge on any atom is -0.347 e.